The molecule has 1 aromatic rings. The SMILES string of the molecule is C1CC(c2nnc3n2NCCS3)C1. The van der Waals surface area contributed by atoms with Crippen molar-refractivity contribution in [3.8, 4) is 0 Å². The number of nitrogens with zero attached hydrogens (tertiary/aromatic N) is 3. The number of nitrogens with one attached hydrogen (secondary N) is 1. The minimum absolute atomic E-state index is 0.660. The summed E-state index contributed by atoms with van der Waals surface area (Å²) in [6.07, 6.45) is 3.91. The molecule has 1 aliphatic carbocycles. The van der Waals surface area contributed by atoms with Crippen molar-refractivity contribution in [2.24, 2.45) is 0 Å². The van der Waals surface area contributed by atoms with Gasteiger partial charge >= 0.3 is 0 Å². The highest BCUT2D eigenvalue weighted by Gasteiger charge is 2.27. The third kappa shape index (κ3) is 1.14. The Hall–Kier alpha value is -0.710. The van der Waals surface area contributed by atoms with Gasteiger partial charge in [0.1, 0.15) is 0 Å². The zero-order chi connectivity index (χ0) is 8.67. The van der Waals surface area contributed by atoms with Gasteiger partial charge in [-0.3, -0.25) is 0 Å². The van der Waals surface area contributed by atoms with Gasteiger partial charge in [-0.1, -0.05) is 18.2 Å². The number of thioether (sulfide) groups is 1. The molecule has 2 aliphatic rings. The van der Waals surface area contributed by atoms with Gasteiger partial charge in [0.05, 0.1) is 0 Å². The van der Waals surface area contributed by atoms with Gasteiger partial charge < -0.3 is 5.43 Å². The predicted octanol–water partition coefficient (Wildman–Crippen LogP) is 1.19. The lowest BCUT2D eigenvalue weighted by molar-refractivity contribution is 0.390. The van der Waals surface area contributed by atoms with Crippen LogP contribution in [0.4, 0.5) is 0 Å². The zero-order valence-corrected chi connectivity index (χ0v) is 8.18. The van der Waals surface area contributed by atoms with E-state index in [2.05, 4.69) is 20.3 Å². The summed E-state index contributed by atoms with van der Waals surface area (Å²) in [6, 6.07) is 0. The Bertz CT molecular complexity index is 318. The molecule has 1 aliphatic heterocycles. The van der Waals surface area contributed by atoms with E-state index in [1.54, 1.807) is 11.8 Å². The summed E-state index contributed by atoms with van der Waals surface area (Å²) in [5.74, 6) is 2.91. The number of hydrogen-bond donors (Lipinski definition) is 1. The Labute approximate surface area is 81.1 Å². The molecule has 0 aromatic carbocycles. The summed E-state index contributed by atoms with van der Waals surface area (Å²) in [4.78, 5) is 0. The number of rotatable bonds is 1. The maximum absolute atomic E-state index is 4.25. The van der Waals surface area contributed by atoms with Crippen molar-refractivity contribution in [1.29, 1.82) is 0 Å². The third-order valence-electron chi connectivity index (χ3n) is 2.73. The van der Waals surface area contributed by atoms with Crippen molar-refractivity contribution in [3.05, 3.63) is 5.82 Å². The minimum Gasteiger partial charge on any atom is -0.321 e. The molecule has 1 fully saturated rings. The average Bonchev–Trinajstić information content (AvgIpc) is 2.47. The minimum atomic E-state index is 0.660. The van der Waals surface area contributed by atoms with E-state index >= 15 is 0 Å². The summed E-state index contributed by atoms with van der Waals surface area (Å²) in [7, 11) is 0. The van der Waals surface area contributed by atoms with E-state index in [-0.39, 0.29) is 0 Å². The van der Waals surface area contributed by atoms with E-state index < -0.39 is 0 Å². The molecule has 3 rings (SSSR count). The van der Waals surface area contributed by atoms with Crippen molar-refractivity contribution in [3.63, 3.8) is 0 Å². The van der Waals surface area contributed by atoms with Crippen LogP contribution in [0.5, 0.6) is 0 Å². The van der Waals surface area contributed by atoms with Crippen molar-refractivity contribution < 1.29 is 0 Å². The third-order valence-corrected chi connectivity index (χ3v) is 3.66. The molecule has 1 N–H and O–H groups in total. The largest absolute Gasteiger partial charge is 0.321 e. The lowest BCUT2D eigenvalue weighted by Crippen LogP contribution is -2.27. The van der Waals surface area contributed by atoms with Gasteiger partial charge in [-0.2, -0.15) is 0 Å². The first kappa shape index (κ1) is 7.67. The highest BCUT2D eigenvalue weighted by atomic mass is 32.2. The molecule has 2 heterocycles. The van der Waals surface area contributed by atoms with Crippen LogP contribution in [0.1, 0.15) is 31.0 Å². The molecule has 0 amide bonds. The normalized spacial score (nSPS) is 21.8. The first-order valence-corrected chi connectivity index (χ1v) is 5.76. The maximum Gasteiger partial charge on any atom is 0.210 e. The monoisotopic (exact) mass is 196 g/mol. The average molecular weight is 196 g/mol. The number of aromatic nitrogens is 3. The van der Waals surface area contributed by atoms with E-state index in [0.717, 1.165) is 23.3 Å². The van der Waals surface area contributed by atoms with Crippen LogP contribution in [0, 0.1) is 0 Å². The van der Waals surface area contributed by atoms with Gasteiger partial charge in [0, 0.05) is 18.2 Å². The second-order valence-electron chi connectivity index (χ2n) is 3.56. The second-order valence-corrected chi connectivity index (χ2v) is 4.62. The van der Waals surface area contributed by atoms with Crippen LogP contribution in [-0.2, 0) is 0 Å². The van der Waals surface area contributed by atoms with Crippen LogP contribution in [0.2, 0.25) is 0 Å². The van der Waals surface area contributed by atoms with Crippen LogP contribution >= 0.6 is 11.8 Å². The van der Waals surface area contributed by atoms with E-state index in [4.69, 9.17) is 0 Å². The van der Waals surface area contributed by atoms with Crippen LogP contribution in [-0.4, -0.2) is 27.2 Å². The van der Waals surface area contributed by atoms with Gasteiger partial charge in [0.15, 0.2) is 5.82 Å². The smallest absolute Gasteiger partial charge is 0.210 e. The Kier molecular flexibility index (Phi) is 1.71. The van der Waals surface area contributed by atoms with E-state index in [1.807, 2.05) is 0 Å². The second kappa shape index (κ2) is 2.90. The Morgan fingerprint density at radius 3 is 3.08 bits per heavy atom. The molecule has 13 heavy (non-hydrogen) atoms. The van der Waals surface area contributed by atoms with E-state index in [1.165, 1.54) is 19.3 Å². The molecule has 5 heteroatoms. The van der Waals surface area contributed by atoms with Crippen LogP contribution in [0.3, 0.4) is 0 Å². The quantitative estimate of drug-likeness (QED) is 0.732. The van der Waals surface area contributed by atoms with Crippen LogP contribution in [0.15, 0.2) is 5.16 Å². The molecule has 0 radical (unpaired) electrons. The lowest BCUT2D eigenvalue weighted by Gasteiger charge is -2.26. The Morgan fingerprint density at radius 2 is 2.31 bits per heavy atom. The molecule has 0 unspecified atom stereocenters. The molecule has 1 aromatic heterocycles. The first-order valence-electron chi connectivity index (χ1n) is 4.77. The van der Waals surface area contributed by atoms with Crippen molar-refractivity contribution in [2.75, 3.05) is 17.7 Å². The fourth-order valence-corrected chi connectivity index (χ4v) is 2.52. The van der Waals surface area contributed by atoms with Crippen molar-refractivity contribution in [1.82, 2.24) is 14.9 Å². The lowest BCUT2D eigenvalue weighted by atomic mass is 9.85. The standard InChI is InChI=1S/C8H12N4S/c1-2-6(3-1)7-10-11-8-12(7)9-4-5-13-8/h6,9H,1-5H2. The fourth-order valence-electron chi connectivity index (χ4n) is 1.75. The molecular weight excluding hydrogens is 184 g/mol. The molecule has 1 saturated carbocycles. The van der Waals surface area contributed by atoms with Crippen LogP contribution < -0.4 is 5.43 Å². The summed E-state index contributed by atoms with van der Waals surface area (Å²) >= 11 is 1.79. The summed E-state index contributed by atoms with van der Waals surface area (Å²) in [5, 5.41) is 9.46. The zero-order valence-electron chi connectivity index (χ0n) is 7.36. The Balaban J connectivity index is 1.95. The van der Waals surface area contributed by atoms with Crippen LogP contribution in [0.25, 0.3) is 0 Å². The van der Waals surface area contributed by atoms with Gasteiger partial charge in [0.25, 0.3) is 0 Å². The van der Waals surface area contributed by atoms with Gasteiger partial charge in [-0.05, 0) is 12.8 Å². The summed E-state index contributed by atoms with van der Waals surface area (Å²) in [6.45, 7) is 1.02. The molecule has 4 nitrogen and oxygen atoms in total. The van der Waals surface area contributed by atoms with Gasteiger partial charge in [-0.15, -0.1) is 10.2 Å². The maximum atomic E-state index is 4.25. The first-order chi connectivity index (χ1) is 6.45. The Morgan fingerprint density at radius 1 is 1.38 bits per heavy atom. The van der Waals surface area contributed by atoms with Gasteiger partial charge in [0.2, 0.25) is 5.16 Å². The molecule has 0 atom stereocenters. The molecule has 0 spiro atoms. The van der Waals surface area contributed by atoms with E-state index in [0.29, 0.717) is 5.92 Å². The van der Waals surface area contributed by atoms with Crippen molar-refractivity contribution in [2.45, 2.75) is 30.3 Å². The molecule has 70 valence electrons. The molecular formula is C8H12N4S. The van der Waals surface area contributed by atoms with E-state index in [9.17, 15) is 0 Å². The van der Waals surface area contributed by atoms with Gasteiger partial charge in [-0.25, -0.2) is 4.68 Å². The number of hydrogen-bond acceptors (Lipinski definition) is 4. The topological polar surface area (TPSA) is 42.7 Å². The molecule has 0 saturated heterocycles. The highest BCUT2D eigenvalue weighted by molar-refractivity contribution is 7.99. The fraction of sp³-hybridized carbons (Fsp3) is 0.750. The summed E-state index contributed by atoms with van der Waals surface area (Å²) < 4.78 is 2.08. The van der Waals surface area contributed by atoms with Crippen molar-refractivity contribution >= 4 is 11.8 Å². The summed E-state index contributed by atoms with van der Waals surface area (Å²) in [5.41, 5.74) is 3.33. The highest BCUT2D eigenvalue weighted by Crippen LogP contribution is 2.36. The predicted molar refractivity (Wildman–Crippen MR) is 51.6 cm³/mol. The number of fused-ring (bicyclic) bond motifs is 1. The molecule has 0 bridgehead atoms.